The Labute approximate surface area is 131 Å². The molecule has 3 rings (SSSR count). The van der Waals surface area contributed by atoms with E-state index in [0.29, 0.717) is 16.1 Å². The van der Waals surface area contributed by atoms with E-state index in [-0.39, 0.29) is 0 Å². The number of alkyl halides is 1. The Morgan fingerprint density at radius 2 is 1.65 bits per heavy atom. The number of halogens is 2. The van der Waals surface area contributed by atoms with Crippen LogP contribution < -0.4 is 4.74 Å². The van der Waals surface area contributed by atoms with E-state index < -0.39 is 0 Å². The van der Waals surface area contributed by atoms with Crippen LogP contribution >= 0.6 is 27.5 Å². The standard InChI is InChI=1S/C17H12BrClO/c18-11-13-7-3-9-15(19)17(13)20-16-10-4-6-12-5-1-2-8-14(12)16/h1-10H,11H2. The maximum Gasteiger partial charge on any atom is 0.150 e. The summed E-state index contributed by atoms with van der Waals surface area (Å²) in [6.45, 7) is 0. The van der Waals surface area contributed by atoms with Gasteiger partial charge >= 0.3 is 0 Å². The fourth-order valence-corrected chi connectivity index (χ4v) is 2.84. The van der Waals surface area contributed by atoms with Crippen molar-refractivity contribution in [1.29, 1.82) is 0 Å². The summed E-state index contributed by atoms with van der Waals surface area (Å²) in [6, 6.07) is 19.9. The number of hydrogen-bond acceptors (Lipinski definition) is 1. The summed E-state index contributed by atoms with van der Waals surface area (Å²) in [6.07, 6.45) is 0. The fraction of sp³-hybridized carbons (Fsp3) is 0.0588. The van der Waals surface area contributed by atoms with Crippen LogP contribution in [0, 0.1) is 0 Å². The van der Waals surface area contributed by atoms with Gasteiger partial charge in [0, 0.05) is 16.3 Å². The zero-order valence-corrected chi connectivity index (χ0v) is 13.0. The van der Waals surface area contributed by atoms with Crippen molar-refractivity contribution in [1.82, 2.24) is 0 Å². The van der Waals surface area contributed by atoms with Crippen LogP contribution in [0.5, 0.6) is 11.5 Å². The maximum atomic E-state index is 6.26. The number of ether oxygens (including phenoxy) is 1. The number of hydrogen-bond donors (Lipinski definition) is 0. The van der Waals surface area contributed by atoms with E-state index in [9.17, 15) is 0 Å². The summed E-state index contributed by atoms with van der Waals surface area (Å²) in [5.41, 5.74) is 1.03. The van der Waals surface area contributed by atoms with Gasteiger partial charge in [0.1, 0.15) is 11.5 Å². The lowest BCUT2D eigenvalue weighted by molar-refractivity contribution is 0.484. The van der Waals surface area contributed by atoms with Crippen LogP contribution in [0.4, 0.5) is 0 Å². The van der Waals surface area contributed by atoms with Crippen molar-refractivity contribution < 1.29 is 4.74 Å². The lowest BCUT2D eigenvalue weighted by Crippen LogP contribution is -1.91. The molecule has 0 saturated heterocycles. The van der Waals surface area contributed by atoms with Crippen LogP contribution in [0.3, 0.4) is 0 Å². The summed E-state index contributed by atoms with van der Waals surface area (Å²) in [5.74, 6) is 1.53. The molecule has 1 nitrogen and oxygen atoms in total. The van der Waals surface area contributed by atoms with Crippen LogP contribution in [0.15, 0.2) is 60.7 Å². The zero-order chi connectivity index (χ0) is 13.9. The van der Waals surface area contributed by atoms with Gasteiger partial charge in [-0.15, -0.1) is 0 Å². The molecule has 3 aromatic carbocycles. The smallest absolute Gasteiger partial charge is 0.150 e. The first-order chi connectivity index (χ1) is 9.79. The van der Waals surface area contributed by atoms with Gasteiger partial charge in [-0.1, -0.05) is 76.1 Å². The van der Waals surface area contributed by atoms with Crippen LogP contribution in [0.1, 0.15) is 5.56 Å². The van der Waals surface area contributed by atoms with Crippen molar-refractivity contribution in [2.45, 2.75) is 5.33 Å². The number of para-hydroxylation sites is 1. The molecule has 100 valence electrons. The van der Waals surface area contributed by atoms with E-state index in [1.165, 1.54) is 0 Å². The Morgan fingerprint density at radius 3 is 2.50 bits per heavy atom. The molecule has 3 aromatic rings. The first kappa shape index (κ1) is 13.5. The lowest BCUT2D eigenvalue weighted by Gasteiger charge is -2.13. The van der Waals surface area contributed by atoms with Gasteiger partial charge in [-0.3, -0.25) is 0 Å². The highest BCUT2D eigenvalue weighted by molar-refractivity contribution is 9.08. The molecule has 0 amide bonds. The Kier molecular flexibility index (Phi) is 3.95. The molecular formula is C17H12BrClO. The second kappa shape index (κ2) is 5.86. The largest absolute Gasteiger partial charge is 0.455 e. The molecule has 0 aliphatic rings. The Bertz CT molecular complexity index is 750. The molecule has 0 bridgehead atoms. The van der Waals surface area contributed by atoms with Crippen LogP contribution in [-0.4, -0.2) is 0 Å². The van der Waals surface area contributed by atoms with Crippen molar-refractivity contribution in [2.75, 3.05) is 0 Å². The topological polar surface area (TPSA) is 9.23 Å². The van der Waals surface area contributed by atoms with Crippen molar-refractivity contribution in [3.8, 4) is 11.5 Å². The van der Waals surface area contributed by atoms with Gasteiger partial charge in [0.2, 0.25) is 0 Å². The van der Waals surface area contributed by atoms with E-state index >= 15 is 0 Å². The zero-order valence-electron chi connectivity index (χ0n) is 10.6. The summed E-state index contributed by atoms with van der Waals surface area (Å²) in [4.78, 5) is 0. The summed E-state index contributed by atoms with van der Waals surface area (Å²) in [7, 11) is 0. The van der Waals surface area contributed by atoms with Gasteiger partial charge in [-0.05, 0) is 17.5 Å². The molecule has 0 heterocycles. The van der Waals surface area contributed by atoms with Gasteiger partial charge in [0.15, 0.2) is 0 Å². The molecule has 0 aromatic heterocycles. The third-order valence-electron chi connectivity index (χ3n) is 3.15. The normalized spacial score (nSPS) is 10.7. The quantitative estimate of drug-likeness (QED) is 0.514. The Hall–Kier alpha value is -1.51. The number of fused-ring (bicyclic) bond motifs is 1. The highest BCUT2D eigenvalue weighted by atomic mass is 79.9. The highest BCUT2D eigenvalue weighted by Crippen LogP contribution is 2.36. The molecule has 0 atom stereocenters. The van der Waals surface area contributed by atoms with E-state index in [1.807, 2.05) is 42.5 Å². The third kappa shape index (κ3) is 2.54. The molecule has 3 heteroatoms. The maximum absolute atomic E-state index is 6.26. The summed E-state index contributed by atoms with van der Waals surface area (Å²) >= 11 is 9.73. The molecule has 0 aliphatic heterocycles. The SMILES string of the molecule is Clc1cccc(CBr)c1Oc1cccc2ccccc12. The molecule has 0 unspecified atom stereocenters. The van der Waals surface area contributed by atoms with Crippen molar-refractivity contribution in [3.63, 3.8) is 0 Å². The summed E-state index contributed by atoms with van der Waals surface area (Å²) in [5, 5.41) is 3.55. The molecule has 0 fully saturated rings. The predicted molar refractivity (Wildman–Crippen MR) is 88.1 cm³/mol. The Morgan fingerprint density at radius 1 is 0.900 bits per heavy atom. The minimum absolute atomic E-state index is 0.620. The molecular weight excluding hydrogens is 336 g/mol. The van der Waals surface area contributed by atoms with Crippen molar-refractivity contribution in [2.24, 2.45) is 0 Å². The summed E-state index contributed by atoms with van der Waals surface area (Å²) < 4.78 is 6.08. The van der Waals surface area contributed by atoms with Gasteiger partial charge in [0.05, 0.1) is 5.02 Å². The molecule has 0 aliphatic carbocycles. The van der Waals surface area contributed by atoms with Crippen molar-refractivity contribution in [3.05, 3.63) is 71.2 Å². The average Bonchev–Trinajstić information content (AvgIpc) is 2.49. The molecule has 0 N–H and O–H groups in total. The van der Waals surface area contributed by atoms with Crippen LogP contribution in [0.2, 0.25) is 5.02 Å². The molecule has 0 saturated carbocycles. The van der Waals surface area contributed by atoms with Gasteiger partial charge in [-0.25, -0.2) is 0 Å². The van der Waals surface area contributed by atoms with Crippen molar-refractivity contribution >= 4 is 38.3 Å². The monoisotopic (exact) mass is 346 g/mol. The van der Waals surface area contributed by atoms with Gasteiger partial charge < -0.3 is 4.74 Å². The van der Waals surface area contributed by atoms with Gasteiger partial charge in [0.25, 0.3) is 0 Å². The second-order valence-electron chi connectivity index (χ2n) is 4.44. The molecule has 0 radical (unpaired) electrons. The minimum Gasteiger partial charge on any atom is -0.455 e. The molecule has 20 heavy (non-hydrogen) atoms. The van der Waals surface area contributed by atoms with E-state index in [2.05, 4.69) is 34.1 Å². The Balaban J connectivity index is 2.10. The van der Waals surface area contributed by atoms with Crippen LogP contribution in [0.25, 0.3) is 10.8 Å². The number of rotatable bonds is 3. The first-order valence-corrected chi connectivity index (χ1v) is 7.78. The number of benzene rings is 3. The molecule has 0 spiro atoms. The third-order valence-corrected chi connectivity index (χ3v) is 4.06. The lowest BCUT2D eigenvalue weighted by atomic mass is 10.1. The van der Waals surface area contributed by atoms with E-state index in [1.54, 1.807) is 0 Å². The van der Waals surface area contributed by atoms with Crippen LogP contribution in [-0.2, 0) is 5.33 Å². The minimum atomic E-state index is 0.620. The first-order valence-electron chi connectivity index (χ1n) is 6.28. The predicted octanol–water partition coefficient (Wildman–Crippen LogP) is 6.18. The van der Waals surface area contributed by atoms with E-state index in [4.69, 9.17) is 16.3 Å². The van der Waals surface area contributed by atoms with Gasteiger partial charge in [-0.2, -0.15) is 0 Å². The highest BCUT2D eigenvalue weighted by Gasteiger charge is 2.10. The second-order valence-corrected chi connectivity index (χ2v) is 5.41. The fourth-order valence-electron chi connectivity index (χ4n) is 2.17. The average molecular weight is 348 g/mol. The van der Waals surface area contributed by atoms with E-state index in [0.717, 1.165) is 22.1 Å².